The van der Waals surface area contributed by atoms with Crippen molar-refractivity contribution in [1.82, 2.24) is 9.80 Å². The molecule has 0 bridgehead atoms. The zero-order valence-electron chi connectivity index (χ0n) is 15.7. The summed E-state index contributed by atoms with van der Waals surface area (Å²) in [4.78, 5) is 31.5. The Kier molecular flexibility index (Phi) is 5.87. The molecule has 1 aliphatic heterocycles. The molecule has 1 saturated heterocycles. The van der Waals surface area contributed by atoms with Crippen LogP contribution in [0.2, 0.25) is 5.02 Å². The van der Waals surface area contributed by atoms with Crippen LogP contribution >= 0.6 is 22.9 Å². The number of halogens is 1. The number of anilines is 1. The number of nitrogens with one attached hydrogen (secondary N) is 1. The van der Waals surface area contributed by atoms with Crippen molar-refractivity contribution < 1.29 is 9.59 Å². The van der Waals surface area contributed by atoms with E-state index in [0.717, 1.165) is 24.1 Å². The fraction of sp³-hybridized carbons (Fsp3) is 0.429. The van der Waals surface area contributed by atoms with Gasteiger partial charge < -0.3 is 15.1 Å². The van der Waals surface area contributed by atoms with Gasteiger partial charge in [-0.05, 0) is 61.9 Å². The minimum absolute atomic E-state index is 0.108. The average molecular weight is 418 g/mol. The third kappa shape index (κ3) is 4.33. The van der Waals surface area contributed by atoms with E-state index in [4.69, 9.17) is 11.6 Å². The molecule has 148 valence electrons. The molecule has 0 unspecified atom stereocenters. The first-order chi connectivity index (χ1) is 13.6. The van der Waals surface area contributed by atoms with Gasteiger partial charge in [-0.2, -0.15) is 0 Å². The van der Waals surface area contributed by atoms with E-state index < -0.39 is 0 Å². The van der Waals surface area contributed by atoms with Crippen LogP contribution in [0.4, 0.5) is 10.5 Å². The molecule has 1 N–H and O–H groups in total. The number of benzene rings is 1. The zero-order chi connectivity index (χ0) is 19.5. The molecule has 0 radical (unpaired) electrons. The van der Waals surface area contributed by atoms with Crippen LogP contribution in [-0.4, -0.2) is 47.9 Å². The molecule has 2 aromatic rings. The maximum Gasteiger partial charge on any atom is 0.321 e. The van der Waals surface area contributed by atoms with Gasteiger partial charge in [-0.1, -0.05) is 17.7 Å². The molecule has 0 saturated carbocycles. The molecule has 1 aromatic carbocycles. The number of hydrogen-bond donors (Lipinski definition) is 1. The van der Waals surface area contributed by atoms with Gasteiger partial charge in [-0.3, -0.25) is 4.79 Å². The Bertz CT molecular complexity index is 859. The lowest BCUT2D eigenvalue weighted by Crippen LogP contribution is -2.39. The lowest BCUT2D eigenvalue weighted by molar-refractivity contribution is 0.0767. The summed E-state index contributed by atoms with van der Waals surface area (Å²) in [7, 11) is 0. The number of thiophene rings is 1. The highest BCUT2D eigenvalue weighted by Gasteiger charge is 2.25. The van der Waals surface area contributed by atoms with E-state index >= 15 is 0 Å². The molecule has 1 fully saturated rings. The smallest absolute Gasteiger partial charge is 0.321 e. The lowest BCUT2D eigenvalue weighted by atomic mass is 9.99. The number of rotatable bonds is 2. The molecule has 1 aromatic heterocycles. The van der Waals surface area contributed by atoms with Crippen molar-refractivity contribution >= 4 is 40.6 Å². The summed E-state index contributed by atoms with van der Waals surface area (Å²) < 4.78 is 0. The quantitative estimate of drug-likeness (QED) is 0.772. The molecule has 1 aliphatic carbocycles. The highest BCUT2D eigenvalue weighted by atomic mass is 35.5. The number of fused-ring (bicyclic) bond motifs is 1. The number of hydrogen-bond acceptors (Lipinski definition) is 3. The number of aryl methyl sites for hydroxylation is 2. The van der Waals surface area contributed by atoms with Crippen molar-refractivity contribution in [3.63, 3.8) is 0 Å². The third-order valence-electron chi connectivity index (χ3n) is 5.35. The molecule has 2 heterocycles. The van der Waals surface area contributed by atoms with E-state index in [9.17, 15) is 9.59 Å². The standard InChI is InChI=1S/C21H24ClN3O2S/c22-16-6-3-7-17(14-16)23-21(27)25-10-4-9-24(11-12-25)20(26)19-13-15-5-1-2-8-18(15)28-19/h3,6-7,13-14H,1-2,4-5,8-12H2,(H,23,27). The Labute approximate surface area is 174 Å². The predicted molar refractivity (Wildman–Crippen MR) is 114 cm³/mol. The van der Waals surface area contributed by atoms with Gasteiger partial charge in [0.1, 0.15) is 0 Å². The molecule has 4 rings (SSSR count). The zero-order valence-corrected chi connectivity index (χ0v) is 17.3. The minimum Gasteiger partial charge on any atom is -0.336 e. The Balaban J connectivity index is 1.37. The van der Waals surface area contributed by atoms with E-state index in [2.05, 4.69) is 11.4 Å². The summed E-state index contributed by atoms with van der Waals surface area (Å²) >= 11 is 7.64. The van der Waals surface area contributed by atoms with Gasteiger partial charge in [-0.15, -0.1) is 11.3 Å². The Morgan fingerprint density at radius 1 is 0.964 bits per heavy atom. The maximum absolute atomic E-state index is 13.0. The van der Waals surface area contributed by atoms with Crippen LogP contribution in [0.5, 0.6) is 0 Å². The number of nitrogens with zero attached hydrogens (tertiary/aromatic N) is 2. The molecule has 0 spiro atoms. The molecule has 0 atom stereocenters. The van der Waals surface area contributed by atoms with Crippen LogP contribution in [0.1, 0.15) is 39.4 Å². The molecule has 7 heteroatoms. The van der Waals surface area contributed by atoms with Crippen molar-refractivity contribution in [2.45, 2.75) is 32.1 Å². The van der Waals surface area contributed by atoms with Gasteiger partial charge in [0, 0.05) is 41.8 Å². The van der Waals surface area contributed by atoms with Crippen molar-refractivity contribution in [2.24, 2.45) is 0 Å². The van der Waals surface area contributed by atoms with Crippen molar-refractivity contribution in [2.75, 3.05) is 31.5 Å². The first-order valence-corrected chi connectivity index (χ1v) is 11.0. The van der Waals surface area contributed by atoms with E-state index in [1.54, 1.807) is 34.4 Å². The average Bonchev–Trinajstić information content (AvgIpc) is 2.96. The van der Waals surface area contributed by atoms with Gasteiger partial charge in [0.05, 0.1) is 4.88 Å². The summed E-state index contributed by atoms with van der Waals surface area (Å²) in [5.41, 5.74) is 2.04. The highest BCUT2D eigenvalue weighted by Crippen LogP contribution is 2.30. The second kappa shape index (κ2) is 8.53. The molecule has 28 heavy (non-hydrogen) atoms. The molecule has 3 amide bonds. The van der Waals surface area contributed by atoms with Crippen LogP contribution in [0.15, 0.2) is 30.3 Å². The summed E-state index contributed by atoms with van der Waals surface area (Å²) in [5, 5.41) is 3.48. The van der Waals surface area contributed by atoms with Crippen molar-refractivity contribution in [3.05, 3.63) is 50.7 Å². The third-order valence-corrected chi connectivity index (χ3v) is 6.81. The number of amides is 3. The summed E-state index contributed by atoms with van der Waals surface area (Å²) in [5.74, 6) is 0.108. The summed E-state index contributed by atoms with van der Waals surface area (Å²) in [6.07, 6.45) is 5.42. The second-order valence-electron chi connectivity index (χ2n) is 7.34. The minimum atomic E-state index is -0.150. The number of urea groups is 1. The molecule has 2 aliphatic rings. The monoisotopic (exact) mass is 417 g/mol. The fourth-order valence-electron chi connectivity index (χ4n) is 3.84. The maximum atomic E-state index is 13.0. The van der Waals surface area contributed by atoms with Crippen LogP contribution in [-0.2, 0) is 12.8 Å². The van der Waals surface area contributed by atoms with Crippen LogP contribution < -0.4 is 5.32 Å². The van der Waals surface area contributed by atoms with Gasteiger partial charge >= 0.3 is 6.03 Å². The van der Waals surface area contributed by atoms with E-state index in [-0.39, 0.29) is 11.9 Å². The van der Waals surface area contributed by atoms with Crippen LogP contribution in [0.25, 0.3) is 0 Å². The van der Waals surface area contributed by atoms with Gasteiger partial charge in [0.15, 0.2) is 0 Å². The second-order valence-corrected chi connectivity index (χ2v) is 8.91. The lowest BCUT2D eigenvalue weighted by Gasteiger charge is -2.22. The largest absolute Gasteiger partial charge is 0.336 e. The van der Waals surface area contributed by atoms with Gasteiger partial charge in [-0.25, -0.2) is 4.79 Å². The topological polar surface area (TPSA) is 52.7 Å². The number of carbonyl (C=O) groups is 2. The molecular formula is C21H24ClN3O2S. The SMILES string of the molecule is O=C(Nc1cccc(Cl)c1)N1CCCN(C(=O)c2cc3c(s2)CCCC3)CC1. The summed E-state index contributed by atoms with van der Waals surface area (Å²) in [6, 6.07) is 9.07. The van der Waals surface area contributed by atoms with Crippen molar-refractivity contribution in [3.8, 4) is 0 Å². The predicted octanol–water partition coefficient (Wildman–Crippen LogP) is 4.66. The fourth-order valence-corrected chi connectivity index (χ4v) is 5.26. The van der Waals surface area contributed by atoms with Crippen LogP contribution in [0, 0.1) is 0 Å². The van der Waals surface area contributed by atoms with E-state index in [1.807, 2.05) is 11.0 Å². The van der Waals surface area contributed by atoms with E-state index in [0.29, 0.717) is 36.9 Å². The highest BCUT2D eigenvalue weighted by molar-refractivity contribution is 7.14. The van der Waals surface area contributed by atoms with Crippen molar-refractivity contribution in [1.29, 1.82) is 0 Å². The first-order valence-electron chi connectivity index (χ1n) is 9.82. The van der Waals surface area contributed by atoms with Gasteiger partial charge in [0.2, 0.25) is 0 Å². The Morgan fingerprint density at radius 3 is 2.57 bits per heavy atom. The van der Waals surface area contributed by atoms with Gasteiger partial charge in [0.25, 0.3) is 5.91 Å². The molecule has 5 nitrogen and oxygen atoms in total. The van der Waals surface area contributed by atoms with Crippen LogP contribution in [0.3, 0.4) is 0 Å². The Hall–Kier alpha value is -2.05. The molecular weight excluding hydrogens is 394 g/mol. The Morgan fingerprint density at radius 2 is 1.75 bits per heavy atom. The van der Waals surface area contributed by atoms with E-state index in [1.165, 1.54) is 23.3 Å². The first kappa shape index (κ1) is 19.3. The normalized spacial score (nSPS) is 17.0. The number of carbonyl (C=O) groups excluding carboxylic acids is 2. The summed E-state index contributed by atoms with van der Waals surface area (Å²) in [6.45, 7) is 2.41.